The van der Waals surface area contributed by atoms with Crippen molar-refractivity contribution in [3.05, 3.63) is 23.2 Å². The van der Waals surface area contributed by atoms with Crippen LogP contribution in [-0.2, 0) is 19.6 Å². The summed E-state index contributed by atoms with van der Waals surface area (Å²) in [5, 5.41) is 3.02. The Balaban J connectivity index is 2.18. The molecule has 1 N–H and O–H groups in total. The molecule has 7 nitrogen and oxygen atoms in total. The van der Waals surface area contributed by atoms with Crippen molar-refractivity contribution < 1.29 is 22.7 Å². The largest absolute Gasteiger partial charge is 0.495 e. The van der Waals surface area contributed by atoms with Crippen molar-refractivity contribution in [1.82, 2.24) is 5.32 Å². The second-order valence-electron chi connectivity index (χ2n) is 5.93. The van der Waals surface area contributed by atoms with Gasteiger partial charge in [-0.3, -0.25) is 9.10 Å². The lowest BCUT2D eigenvalue weighted by Crippen LogP contribution is -2.49. The van der Waals surface area contributed by atoms with Gasteiger partial charge in [0.25, 0.3) is 0 Å². The summed E-state index contributed by atoms with van der Waals surface area (Å²) in [5.41, 5.74) is 0.299. The first-order valence-electron chi connectivity index (χ1n) is 7.96. The van der Waals surface area contributed by atoms with Gasteiger partial charge in [0.05, 0.1) is 30.2 Å². The number of benzene rings is 1. The minimum absolute atomic E-state index is 0.0155. The summed E-state index contributed by atoms with van der Waals surface area (Å²) in [4.78, 5) is 12.4. The van der Waals surface area contributed by atoms with Gasteiger partial charge in [0.1, 0.15) is 11.8 Å². The number of carbonyl (C=O) groups is 1. The summed E-state index contributed by atoms with van der Waals surface area (Å²) in [5.74, 6) is 0.0298. The van der Waals surface area contributed by atoms with E-state index in [0.717, 1.165) is 23.4 Å². The number of halogens is 1. The van der Waals surface area contributed by atoms with E-state index in [-0.39, 0.29) is 11.1 Å². The van der Waals surface area contributed by atoms with Gasteiger partial charge < -0.3 is 14.8 Å². The molecule has 1 saturated heterocycles. The van der Waals surface area contributed by atoms with Crippen molar-refractivity contribution in [2.24, 2.45) is 0 Å². The lowest BCUT2D eigenvalue weighted by atomic mass is 10.2. The van der Waals surface area contributed by atoms with E-state index in [2.05, 4.69) is 5.32 Å². The van der Waals surface area contributed by atoms with Crippen LogP contribution in [0.3, 0.4) is 0 Å². The van der Waals surface area contributed by atoms with Gasteiger partial charge in [0.15, 0.2) is 0 Å². The lowest BCUT2D eigenvalue weighted by Gasteiger charge is -2.28. The summed E-state index contributed by atoms with van der Waals surface area (Å²) in [6.45, 7) is 2.59. The molecule has 9 heteroatoms. The number of methoxy groups -OCH3 is 1. The van der Waals surface area contributed by atoms with E-state index in [1.54, 1.807) is 12.1 Å². The van der Waals surface area contributed by atoms with Crippen molar-refractivity contribution in [2.45, 2.75) is 31.9 Å². The Hall–Kier alpha value is -1.51. The van der Waals surface area contributed by atoms with E-state index in [9.17, 15) is 13.2 Å². The molecule has 0 aliphatic carbocycles. The van der Waals surface area contributed by atoms with Crippen molar-refractivity contribution >= 4 is 33.2 Å². The summed E-state index contributed by atoms with van der Waals surface area (Å²) in [6, 6.07) is 3.65. The number of nitrogens with one attached hydrogen (secondary N) is 1. The number of nitrogens with zero attached hydrogens (tertiary/aromatic N) is 1. The molecule has 0 radical (unpaired) electrons. The highest BCUT2D eigenvalue weighted by atomic mass is 35.5. The number of sulfonamides is 1. The molecule has 1 aliphatic heterocycles. The third kappa shape index (κ3) is 4.99. The maximum atomic E-state index is 12.4. The molecule has 1 aliphatic rings. The monoisotopic (exact) mass is 390 g/mol. The molecule has 1 heterocycles. The van der Waals surface area contributed by atoms with Gasteiger partial charge in [-0.05, 0) is 38.0 Å². The number of ether oxygens (including phenoxy) is 2. The van der Waals surface area contributed by atoms with E-state index in [1.807, 2.05) is 0 Å². The number of hydrogen-bond donors (Lipinski definition) is 1. The number of carbonyl (C=O) groups excluding carboxylic acids is 1. The highest BCUT2D eigenvalue weighted by Crippen LogP contribution is 2.31. The first kappa shape index (κ1) is 19.8. The Bertz CT molecular complexity index is 719. The van der Waals surface area contributed by atoms with Crippen LogP contribution in [0, 0.1) is 0 Å². The molecule has 2 atom stereocenters. The Morgan fingerprint density at radius 3 is 2.76 bits per heavy atom. The minimum Gasteiger partial charge on any atom is -0.495 e. The van der Waals surface area contributed by atoms with Gasteiger partial charge in [-0.15, -0.1) is 0 Å². The molecule has 140 valence electrons. The van der Waals surface area contributed by atoms with E-state index >= 15 is 0 Å². The van der Waals surface area contributed by atoms with Gasteiger partial charge in [-0.1, -0.05) is 11.6 Å². The van der Waals surface area contributed by atoms with Crippen LogP contribution in [0.5, 0.6) is 5.75 Å². The second kappa shape index (κ2) is 8.25. The van der Waals surface area contributed by atoms with Crippen LogP contribution in [-0.4, -0.2) is 53.0 Å². The maximum absolute atomic E-state index is 12.4. The molecule has 1 aromatic rings. The predicted molar refractivity (Wildman–Crippen MR) is 96.8 cm³/mol. The van der Waals surface area contributed by atoms with E-state index < -0.39 is 22.0 Å². The van der Waals surface area contributed by atoms with Gasteiger partial charge >= 0.3 is 0 Å². The third-order valence-electron chi connectivity index (χ3n) is 4.01. The van der Waals surface area contributed by atoms with Gasteiger partial charge in [-0.25, -0.2) is 8.42 Å². The summed E-state index contributed by atoms with van der Waals surface area (Å²) >= 11 is 6.09. The SMILES string of the molecule is COc1ccc(N([C@H](C)C(=O)NC[C@H]2CCCO2)S(C)(=O)=O)cc1Cl. The second-order valence-corrected chi connectivity index (χ2v) is 8.20. The fourth-order valence-electron chi connectivity index (χ4n) is 2.77. The molecule has 1 aromatic carbocycles. The number of anilines is 1. The summed E-state index contributed by atoms with van der Waals surface area (Å²) in [6.07, 6.45) is 2.89. The first-order valence-corrected chi connectivity index (χ1v) is 10.2. The standard InChI is InChI=1S/C16H23ClN2O5S/c1-11(16(20)18-10-13-5-4-8-24-13)19(25(3,21)22)12-6-7-15(23-2)14(17)9-12/h6-7,9,11,13H,4-5,8,10H2,1-3H3,(H,18,20)/t11-,13-/m1/s1. The van der Waals surface area contributed by atoms with Gasteiger partial charge in [-0.2, -0.15) is 0 Å². The van der Waals surface area contributed by atoms with Crippen molar-refractivity contribution in [1.29, 1.82) is 0 Å². The van der Waals surface area contributed by atoms with Crippen LogP contribution in [0.2, 0.25) is 5.02 Å². The minimum atomic E-state index is -3.69. The van der Waals surface area contributed by atoms with Crippen molar-refractivity contribution in [3.8, 4) is 5.75 Å². The number of amides is 1. The van der Waals surface area contributed by atoms with E-state index in [4.69, 9.17) is 21.1 Å². The number of rotatable bonds is 7. The van der Waals surface area contributed by atoms with Gasteiger partial charge in [0, 0.05) is 13.2 Å². The molecule has 0 unspecified atom stereocenters. The molecule has 0 bridgehead atoms. The summed E-state index contributed by atoms with van der Waals surface area (Å²) < 4.78 is 36.1. The van der Waals surface area contributed by atoms with E-state index in [1.165, 1.54) is 20.1 Å². The Kier molecular flexibility index (Phi) is 6.53. The molecular formula is C16H23ClN2O5S. The Morgan fingerprint density at radius 1 is 1.52 bits per heavy atom. The molecule has 1 amide bonds. The third-order valence-corrected chi connectivity index (χ3v) is 5.54. The zero-order valence-electron chi connectivity index (χ0n) is 14.5. The normalized spacial score (nSPS) is 18.6. The predicted octanol–water partition coefficient (Wildman–Crippen LogP) is 1.80. The number of hydrogen-bond acceptors (Lipinski definition) is 5. The average molecular weight is 391 g/mol. The van der Waals surface area contributed by atoms with Gasteiger partial charge in [0.2, 0.25) is 15.9 Å². The van der Waals surface area contributed by atoms with Crippen LogP contribution in [0.15, 0.2) is 18.2 Å². The summed E-state index contributed by atoms with van der Waals surface area (Å²) in [7, 11) is -2.23. The smallest absolute Gasteiger partial charge is 0.243 e. The Morgan fingerprint density at radius 2 is 2.24 bits per heavy atom. The van der Waals surface area contributed by atoms with Crippen LogP contribution < -0.4 is 14.4 Å². The first-order chi connectivity index (χ1) is 11.7. The molecule has 2 rings (SSSR count). The fraction of sp³-hybridized carbons (Fsp3) is 0.562. The quantitative estimate of drug-likeness (QED) is 0.767. The van der Waals surface area contributed by atoms with Crippen molar-refractivity contribution in [2.75, 3.05) is 30.8 Å². The van der Waals surface area contributed by atoms with Crippen LogP contribution in [0.25, 0.3) is 0 Å². The van der Waals surface area contributed by atoms with Crippen molar-refractivity contribution in [3.63, 3.8) is 0 Å². The van der Waals surface area contributed by atoms with Crippen LogP contribution >= 0.6 is 11.6 Å². The zero-order valence-corrected chi connectivity index (χ0v) is 16.1. The van der Waals surface area contributed by atoms with E-state index in [0.29, 0.717) is 24.6 Å². The topological polar surface area (TPSA) is 84.9 Å². The van der Waals surface area contributed by atoms with Crippen LogP contribution in [0.4, 0.5) is 5.69 Å². The molecule has 0 saturated carbocycles. The highest BCUT2D eigenvalue weighted by molar-refractivity contribution is 7.92. The average Bonchev–Trinajstić information content (AvgIpc) is 3.05. The highest BCUT2D eigenvalue weighted by Gasteiger charge is 2.30. The zero-order chi connectivity index (χ0) is 18.6. The maximum Gasteiger partial charge on any atom is 0.243 e. The molecule has 0 spiro atoms. The molecular weight excluding hydrogens is 368 g/mol. The van der Waals surface area contributed by atoms with Crippen LogP contribution in [0.1, 0.15) is 19.8 Å². The molecule has 1 fully saturated rings. The molecule has 0 aromatic heterocycles. The lowest BCUT2D eigenvalue weighted by molar-refractivity contribution is -0.122. The molecule has 25 heavy (non-hydrogen) atoms. The Labute approximate surface area is 153 Å². The fourth-order valence-corrected chi connectivity index (χ4v) is 4.19.